The Kier molecular flexibility index (Phi) is 9.55. The summed E-state index contributed by atoms with van der Waals surface area (Å²) in [5.41, 5.74) is 22.2. The van der Waals surface area contributed by atoms with Crippen LogP contribution in [-0.2, 0) is 0 Å². The van der Waals surface area contributed by atoms with Crippen LogP contribution in [0.4, 0.5) is 5.69 Å². The Hall–Kier alpha value is -9.64. The highest BCUT2D eigenvalue weighted by Gasteiger charge is 2.49. The maximum absolute atomic E-state index is 2.67. The van der Waals surface area contributed by atoms with Crippen LogP contribution in [0.1, 0.15) is 29.3 Å². The largest absolute Gasteiger partial charge is 0.335 e. The van der Waals surface area contributed by atoms with Gasteiger partial charge in [-0.05, 0) is 131 Å². The summed E-state index contributed by atoms with van der Waals surface area (Å²) < 4.78 is 7.56. The molecule has 4 nitrogen and oxygen atoms in total. The van der Waals surface area contributed by atoms with Crippen LogP contribution in [0.5, 0.6) is 0 Å². The van der Waals surface area contributed by atoms with E-state index >= 15 is 0 Å². The SMILES string of the molecule is C1=CC2C3CC(c4ccc5c(c4)c4ccc6c(c7ccccc7n6-c6ccccc6)c4n5-c4cc(-c5ccccc5)cc(-c5ccccc5)c4)=CC=C3N(c3ccccc3)C2c2c1c1ccccc1n2-c1ccccc1. The van der Waals surface area contributed by atoms with E-state index in [9.17, 15) is 0 Å². The van der Waals surface area contributed by atoms with Crippen molar-refractivity contribution >= 4 is 71.9 Å². The van der Waals surface area contributed by atoms with Crippen molar-refractivity contribution in [2.24, 2.45) is 11.8 Å². The molecule has 13 aromatic rings. The lowest BCUT2D eigenvalue weighted by atomic mass is 9.77. The molecule has 1 aliphatic heterocycles. The fraction of sp³-hybridized carbons (Fsp3) is 0.0556. The van der Waals surface area contributed by atoms with Crippen LogP contribution < -0.4 is 4.90 Å². The van der Waals surface area contributed by atoms with Gasteiger partial charge in [-0.2, -0.15) is 0 Å². The van der Waals surface area contributed by atoms with Gasteiger partial charge in [0.15, 0.2) is 0 Å². The van der Waals surface area contributed by atoms with Crippen molar-refractivity contribution in [3.63, 3.8) is 0 Å². The molecule has 3 aliphatic rings. The zero-order valence-corrected chi connectivity index (χ0v) is 41.7. The predicted octanol–water partition coefficient (Wildman–Crippen LogP) is 18.4. The van der Waals surface area contributed by atoms with E-state index in [4.69, 9.17) is 0 Å². The molecule has 1 saturated heterocycles. The minimum absolute atomic E-state index is 0.104. The van der Waals surface area contributed by atoms with Gasteiger partial charge in [0.2, 0.25) is 0 Å². The van der Waals surface area contributed by atoms with Crippen molar-refractivity contribution in [2.75, 3.05) is 4.90 Å². The maximum Gasteiger partial charge on any atom is 0.0818 e. The standard InChI is InChI=1S/C72H50N4/c1-6-20-47(21-7-1)51-42-52(48-22-8-2-9-23-48)44-56(43-51)76-67-40-35-49(45-62(67)59-38-41-68-69(70(59)76)61-31-17-19-33-65(61)73(68)53-24-10-3-11-25-53)50-34-39-66-63(46-50)60-37-36-58-57-30-16-18-32-64(57)74(54-26-12-4-13-27-54)71(58)72(60)75(66)55-28-14-5-15-29-55/h1-45,60,63,72H,46H2. The van der Waals surface area contributed by atoms with E-state index in [1.54, 1.807) is 0 Å². The van der Waals surface area contributed by atoms with E-state index in [-0.39, 0.29) is 17.9 Å². The van der Waals surface area contributed by atoms with E-state index in [0.717, 1.165) is 17.8 Å². The number of hydrogen-bond acceptors (Lipinski definition) is 1. The van der Waals surface area contributed by atoms with Gasteiger partial charge < -0.3 is 18.6 Å². The second-order valence-corrected chi connectivity index (χ2v) is 20.8. The van der Waals surface area contributed by atoms with E-state index in [1.165, 1.54) is 116 Å². The third-order valence-corrected chi connectivity index (χ3v) is 16.8. The molecule has 1 fully saturated rings. The summed E-state index contributed by atoms with van der Waals surface area (Å²) >= 11 is 0. The van der Waals surface area contributed by atoms with Gasteiger partial charge in [-0.25, -0.2) is 0 Å². The number of fused-ring (bicyclic) bond motifs is 14. The van der Waals surface area contributed by atoms with Crippen LogP contribution in [0.2, 0.25) is 0 Å². The zero-order chi connectivity index (χ0) is 49.8. The average Bonchev–Trinajstić information content (AvgIpc) is 4.33. The van der Waals surface area contributed by atoms with Crippen LogP contribution in [0, 0.1) is 11.8 Å². The molecule has 16 rings (SSSR count). The summed E-state index contributed by atoms with van der Waals surface area (Å²) in [4.78, 5) is 2.67. The highest BCUT2D eigenvalue weighted by Crippen LogP contribution is 2.58. The van der Waals surface area contributed by atoms with Gasteiger partial charge >= 0.3 is 0 Å². The fourth-order valence-corrected chi connectivity index (χ4v) is 13.6. The number of allylic oxidation sites excluding steroid dienone is 4. The summed E-state index contributed by atoms with van der Waals surface area (Å²) in [5.74, 6) is 0.528. The lowest BCUT2D eigenvalue weighted by molar-refractivity contribution is 0.459. The minimum atomic E-state index is 0.104. The Labute approximate surface area is 441 Å². The van der Waals surface area contributed by atoms with E-state index in [0.29, 0.717) is 0 Å². The molecule has 0 radical (unpaired) electrons. The molecule has 3 unspecified atom stereocenters. The van der Waals surface area contributed by atoms with Crippen molar-refractivity contribution in [1.29, 1.82) is 0 Å². The molecule has 76 heavy (non-hydrogen) atoms. The number of aromatic nitrogens is 3. The first-order chi connectivity index (χ1) is 37.7. The molecule has 10 aromatic carbocycles. The fourth-order valence-electron chi connectivity index (χ4n) is 13.6. The van der Waals surface area contributed by atoms with Crippen molar-refractivity contribution in [3.8, 4) is 39.3 Å². The number of rotatable bonds is 7. The Morgan fingerprint density at radius 3 is 1.58 bits per heavy atom. The lowest BCUT2D eigenvalue weighted by Crippen LogP contribution is -2.27. The number of nitrogens with zero attached hydrogens (tertiary/aromatic N) is 4. The first-order valence-corrected chi connectivity index (χ1v) is 26.7. The third-order valence-electron chi connectivity index (χ3n) is 16.8. The Bertz CT molecular complexity index is 4480. The molecule has 0 saturated carbocycles. The monoisotopic (exact) mass is 970 g/mol. The molecular weight excluding hydrogens is 921 g/mol. The van der Waals surface area contributed by atoms with Crippen LogP contribution in [0.15, 0.2) is 273 Å². The molecular formula is C72H50N4. The first kappa shape index (κ1) is 42.8. The van der Waals surface area contributed by atoms with Gasteiger partial charge in [-0.1, -0.05) is 182 Å². The molecule has 3 atom stereocenters. The van der Waals surface area contributed by atoms with Crippen LogP contribution in [0.3, 0.4) is 0 Å². The highest BCUT2D eigenvalue weighted by molar-refractivity contribution is 6.26. The van der Waals surface area contributed by atoms with E-state index in [2.05, 4.69) is 292 Å². The van der Waals surface area contributed by atoms with Crippen molar-refractivity contribution in [3.05, 3.63) is 289 Å². The van der Waals surface area contributed by atoms with Crippen LogP contribution in [0.25, 0.3) is 105 Å². The van der Waals surface area contributed by atoms with Gasteiger partial charge in [0, 0.05) is 72.8 Å². The van der Waals surface area contributed by atoms with Gasteiger partial charge in [0.05, 0.1) is 39.3 Å². The second-order valence-electron chi connectivity index (χ2n) is 20.8. The zero-order valence-electron chi connectivity index (χ0n) is 41.7. The molecule has 0 amide bonds. The molecule has 2 aliphatic carbocycles. The summed E-state index contributed by atoms with van der Waals surface area (Å²) in [6.45, 7) is 0. The minimum Gasteiger partial charge on any atom is -0.335 e. The lowest BCUT2D eigenvalue weighted by Gasteiger charge is -2.33. The number of anilines is 1. The second kappa shape index (κ2) is 17.0. The van der Waals surface area contributed by atoms with E-state index in [1.807, 2.05) is 0 Å². The molecule has 0 bridgehead atoms. The molecule has 0 spiro atoms. The summed E-state index contributed by atoms with van der Waals surface area (Å²) in [5, 5.41) is 6.27. The normalized spacial score (nSPS) is 16.8. The summed E-state index contributed by atoms with van der Waals surface area (Å²) in [6.07, 6.45) is 10.8. The van der Waals surface area contributed by atoms with Gasteiger partial charge in [0.1, 0.15) is 0 Å². The van der Waals surface area contributed by atoms with Crippen molar-refractivity contribution < 1.29 is 0 Å². The summed E-state index contributed by atoms with van der Waals surface area (Å²) in [7, 11) is 0. The third kappa shape index (κ3) is 6.44. The van der Waals surface area contributed by atoms with Gasteiger partial charge in [0.25, 0.3) is 0 Å². The highest BCUT2D eigenvalue weighted by atomic mass is 15.2. The predicted molar refractivity (Wildman–Crippen MR) is 318 cm³/mol. The Morgan fingerprint density at radius 2 is 0.908 bits per heavy atom. The van der Waals surface area contributed by atoms with Crippen molar-refractivity contribution in [1.82, 2.24) is 13.7 Å². The number of hydrogen-bond donors (Lipinski definition) is 0. The molecule has 0 N–H and O–H groups in total. The molecule has 4 heteroatoms. The van der Waals surface area contributed by atoms with Crippen LogP contribution >= 0.6 is 0 Å². The quantitative estimate of drug-likeness (QED) is 0.156. The molecule has 358 valence electrons. The van der Waals surface area contributed by atoms with E-state index < -0.39 is 0 Å². The van der Waals surface area contributed by atoms with Crippen molar-refractivity contribution in [2.45, 2.75) is 12.5 Å². The topological polar surface area (TPSA) is 18.0 Å². The smallest absolute Gasteiger partial charge is 0.0818 e. The first-order valence-electron chi connectivity index (χ1n) is 26.7. The molecule has 4 heterocycles. The average molecular weight is 971 g/mol. The van der Waals surface area contributed by atoms with Gasteiger partial charge in [-0.3, -0.25) is 0 Å². The number of benzene rings is 10. The number of para-hydroxylation sites is 5. The Balaban J connectivity index is 0.906. The Morgan fingerprint density at radius 1 is 0.355 bits per heavy atom. The van der Waals surface area contributed by atoms with Crippen LogP contribution in [-0.4, -0.2) is 13.7 Å². The summed E-state index contributed by atoms with van der Waals surface area (Å²) in [6, 6.07) is 91.8. The molecule has 3 aromatic heterocycles. The maximum atomic E-state index is 2.67. The van der Waals surface area contributed by atoms with Gasteiger partial charge in [-0.15, -0.1) is 0 Å².